The van der Waals surface area contributed by atoms with Crippen molar-refractivity contribution in [2.75, 3.05) is 5.73 Å². The van der Waals surface area contributed by atoms with E-state index in [2.05, 4.69) is 5.32 Å². The van der Waals surface area contributed by atoms with Crippen LogP contribution < -0.4 is 11.1 Å². The number of rotatable bonds is 3. The highest BCUT2D eigenvalue weighted by Gasteiger charge is 2.12. The number of nitrogens with zero attached hydrogens (tertiary/aromatic N) is 1. The molecule has 14 heavy (non-hydrogen) atoms. The first-order valence-corrected chi connectivity index (χ1v) is 4.81. The summed E-state index contributed by atoms with van der Waals surface area (Å²) >= 11 is 0. The molecule has 0 saturated heterocycles. The molecule has 0 spiro atoms. The third kappa shape index (κ3) is 2.28. The summed E-state index contributed by atoms with van der Waals surface area (Å²) in [7, 11) is 0. The Labute approximate surface area is 84.1 Å². The number of carbonyl (C=O) groups excluding carboxylic acids is 1. The van der Waals surface area contributed by atoms with Crippen LogP contribution in [0.5, 0.6) is 0 Å². The van der Waals surface area contributed by atoms with Gasteiger partial charge in [-0.1, -0.05) is 0 Å². The van der Waals surface area contributed by atoms with Crippen LogP contribution in [0, 0.1) is 0 Å². The van der Waals surface area contributed by atoms with Gasteiger partial charge in [-0.2, -0.15) is 0 Å². The average molecular weight is 195 g/mol. The van der Waals surface area contributed by atoms with E-state index in [1.54, 1.807) is 12.3 Å². The molecule has 4 nitrogen and oxygen atoms in total. The maximum Gasteiger partial charge on any atom is 0.268 e. The zero-order chi connectivity index (χ0) is 10.7. The van der Waals surface area contributed by atoms with E-state index in [4.69, 9.17) is 5.73 Å². The van der Waals surface area contributed by atoms with E-state index in [9.17, 15) is 4.79 Å². The fourth-order valence-electron chi connectivity index (χ4n) is 1.32. The molecule has 3 N–H and O–H groups in total. The molecular weight excluding hydrogens is 178 g/mol. The van der Waals surface area contributed by atoms with E-state index in [0.29, 0.717) is 11.4 Å². The Morgan fingerprint density at radius 1 is 1.64 bits per heavy atom. The highest BCUT2D eigenvalue weighted by molar-refractivity contribution is 5.93. The van der Waals surface area contributed by atoms with Crippen molar-refractivity contribution in [1.82, 2.24) is 9.88 Å². The van der Waals surface area contributed by atoms with Crippen molar-refractivity contribution in [3.63, 3.8) is 0 Å². The Bertz CT molecular complexity index is 328. The predicted molar refractivity (Wildman–Crippen MR) is 57.1 cm³/mol. The van der Waals surface area contributed by atoms with Crippen molar-refractivity contribution < 1.29 is 4.79 Å². The van der Waals surface area contributed by atoms with Gasteiger partial charge in [0.2, 0.25) is 0 Å². The molecule has 1 aromatic rings. The van der Waals surface area contributed by atoms with Gasteiger partial charge in [-0.05, 0) is 26.8 Å². The largest absolute Gasteiger partial charge is 0.397 e. The standard InChI is InChI=1S/C10H17N3O/c1-4-13-6-8(11)5-9(13)10(14)12-7(2)3/h5-7H,4,11H2,1-3H3,(H,12,14). The number of nitrogens with two attached hydrogens (primary N) is 1. The number of hydrogen-bond donors (Lipinski definition) is 2. The summed E-state index contributed by atoms with van der Waals surface area (Å²) < 4.78 is 1.84. The first-order valence-electron chi connectivity index (χ1n) is 4.81. The minimum Gasteiger partial charge on any atom is -0.397 e. The van der Waals surface area contributed by atoms with Gasteiger partial charge in [-0.3, -0.25) is 4.79 Å². The number of aryl methyl sites for hydroxylation is 1. The van der Waals surface area contributed by atoms with Crippen LogP contribution in [0.25, 0.3) is 0 Å². The van der Waals surface area contributed by atoms with Gasteiger partial charge < -0.3 is 15.6 Å². The Kier molecular flexibility index (Phi) is 3.17. The fourth-order valence-corrected chi connectivity index (χ4v) is 1.32. The first-order chi connectivity index (χ1) is 6.54. The van der Waals surface area contributed by atoms with Crippen molar-refractivity contribution in [3.8, 4) is 0 Å². The molecular formula is C10H17N3O. The second-order valence-electron chi connectivity index (χ2n) is 3.57. The first kappa shape index (κ1) is 10.6. The quantitative estimate of drug-likeness (QED) is 0.762. The normalized spacial score (nSPS) is 10.6. The summed E-state index contributed by atoms with van der Waals surface area (Å²) in [5.41, 5.74) is 6.87. The maximum absolute atomic E-state index is 11.7. The molecule has 0 radical (unpaired) electrons. The Morgan fingerprint density at radius 3 is 2.79 bits per heavy atom. The lowest BCUT2D eigenvalue weighted by Crippen LogP contribution is -2.31. The van der Waals surface area contributed by atoms with Gasteiger partial charge in [0, 0.05) is 18.8 Å². The number of amides is 1. The molecule has 78 valence electrons. The third-order valence-electron chi connectivity index (χ3n) is 1.91. The lowest BCUT2D eigenvalue weighted by atomic mass is 10.3. The van der Waals surface area contributed by atoms with Crippen molar-refractivity contribution >= 4 is 11.6 Å². The molecule has 1 rings (SSSR count). The van der Waals surface area contributed by atoms with Crippen molar-refractivity contribution in [1.29, 1.82) is 0 Å². The van der Waals surface area contributed by atoms with Crippen molar-refractivity contribution in [3.05, 3.63) is 18.0 Å². The van der Waals surface area contributed by atoms with Crippen LogP contribution in [0.3, 0.4) is 0 Å². The molecule has 4 heteroatoms. The molecule has 0 atom stereocenters. The van der Waals surface area contributed by atoms with E-state index >= 15 is 0 Å². The van der Waals surface area contributed by atoms with E-state index < -0.39 is 0 Å². The molecule has 1 amide bonds. The van der Waals surface area contributed by atoms with Gasteiger partial charge in [0.15, 0.2) is 0 Å². The summed E-state index contributed by atoms with van der Waals surface area (Å²) in [4.78, 5) is 11.7. The highest BCUT2D eigenvalue weighted by Crippen LogP contribution is 2.10. The second kappa shape index (κ2) is 4.17. The van der Waals surface area contributed by atoms with Crippen molar-refractivity contribution in [2.24, 2.45) is 0 Å². The van der Waals surface area contributed by atoms with Gasteiger partial charge in [-0.25, -0.2) is 0 Å². The Hall–Kier alpha value is -1.45. The van der Waals surface area contributed by atoms with Crippen LogP contribution in [0.2, 0.25) is 0 Å². The summed E-state index contributed by atoms with van der Waals surface area (Å²) in [6, 6.07) is 1.84. The molecule has 0 aliphatic carbocycles. The van der Waals surface area contributed by atoms with Gasteiger partial charge >= 0.3 is 0 Å². The van der Waals surface area contributed by atoms with Gasteiger partial charge in [-0.15, -0.1) is 0 Å². The molecule has 0 aliphatic rings. The lowest BCUT2D eigenvalue weighted by Gasteiger charge is -2.09. The topological polar surface area (TPSA) is 60.0 Å². The number of carbonyl (C=O) groups is 1. The minimum absolute atomic E-state index is 0.0708. The molecule has 0 fully saturated rings. The van der Waals surface area contributed by atoms with Gasteiger partial charge in [0.05, 0.1) is 5.69 Å². The lowest BCUT2D eigenvalue weighted by molar-refractivity contribution is 0.0934. The average Bonchev–Trinajstić information content (AvgIpc) is 2.45. The molecule has 0 unspecified atom stereocenters. The molecule has 1 heterocycles. The van der Waals surface area contributed by atoms with E-state index in [1.807, 2.05) is 25.3 Å². The van der Waals surface area contributed by atoms with E-state index in [-0.39, 0.29) is 11.9 Å². The zero-order valence-corrected chi connectivity index (χ0v) is 8.87. The highest BCUT2D eigenvalue weighted by atomic mass is 16.2. The van der Waals surface area contributed by atoms with Crippen LogP contribution in [0.1, 0.15) is 31.3 Å². The smallest absolute Gasteiger partial charge is 0.268 e. The Balaban J connectivity index is 2.88. The monoisotopic (exact) mass is 195 g/mol. The summed E-state index contributed by atoms with van der Waals surface area (Å²) in [6.45, 7) is 6.59. The van der Waals surface area contributed by atoms with Crippen LogP contribution in [-0.2, 0) is 6.54 Å². The van der Waals surface area contributed by atoms with Crippen LogP contribution in [0.15, 0.2) is 12.3 Å². The molecule has 0 saturated carbocycles. The minimum atomic E-state index is -0.0708. The van der Waals surface area contributed by atoms with Gasteiger partial charge in [0.25, 0.3) is 5.91 Å². The molecule has 0 aliphatic heterocycles. The van der Waals surface area contributed by atoms with Crippen molar-refractivity contribution in [2.45, 2.75) is 33.4 Å². The molecule has 0 bridgehead atoms. The summed E-state index contributed by atoms with van der Waals surface area (Å²) in [5.74, 6) is -0.0708. The van der Waals surface area contributed by atoms with Crippen LogP contribution in [0.4, 0.5) is 5.69 Å². The number of nitrogens with one attached hydrogen (secondary N) is 1. The zero-order valence-electron chi connectivity index (χ0n) is 8.87. The predicted octanol–water partition coefficient (Wildman–Crippen LogP) is 1.23. The Morgan fingerprint density at radius 2 is 2.29 bits per heavy atom. The summed E-state index contributed by atoms with van der Waals surface area (Å²) in [6.07, 6.45) is 1.77. The summed E-state index contributed by atoms with van der Waals surface area (Å²) in [5, 5.41) is 2.83. The molecule has 0 aromatic carbocycles. The number of aromatic nitrogens is 1. The number of hydrogen-bond acceptors (Lipinski definition) is 2. The van der Waals surface area contributed by atoms with Gasteiger partial charge in [0.1, 0.15) is 5.69 Å². The van der Waals surface area contributed by atoms with E-state index in [1.165, 1.54) is 0 Å². The third-order valence-corrected chi connectivity index (χ3v) is 1.91. The number of nitrogen functional groups attached to an aromatic ring is 1. The van der Waals surface area contributed by atoms with Crippen LogP contribution in [-0.4, -0.2) is 16.5 Å². The molecule has 1 aromatic heterocycles. The SMILES string of the molecule is CCn1cc(N)cc1C(=O)NC(C)C. The fraction of sp³-hybridized carbons (Fsp3) is 0.500. The number of anilines is 1. The van der Waals surface area contributed by atoms with E-state index in [0.717, 1.165) is 6.54 Å². The second-order valence-corrected chi connectivity index (χ2v) is 3.57. The van der Waals surface area contributed by atoms with Crippen LogP contribution >= 0.6 is 0 Å². The maximum atomic E-state index is 11.7.